The maximum atomic E-state index is 13.2. The minimum Gasteiger partial charge on any atom is -0.487 e. The molecule has 0 saturated carbocycles. The Kier molecular flexibility index (Phi) is 7.34. The van der Waals surface area contributed by atoms with Crippen LogP contribution in [0.2, 0.25) is 0 Å². The number of fused-ring (bicyclic) bond motifs is 1. The topological polar surface area (TPSA) is 107 Å². The largest absolute Gasteiger partial charge is 0.487 e. The molecule has 0 bridgehead atoms. The Balaban J connectivity index is 1.71. The summed E-state index contributed by atoms with van der Waals surface area (Å²) < 4.78 is 46.8. The molecule has 0 amide bonds. The summed E-state index contributed by atoms with van der Waals surface area (Å²) in [5.74, 6) is 0.484. The Morgan fingerprint density at radius 3 is 2.66 bits per heavy atom. The number of hydrogen-bond acceptors (Lipinski definition) is 6. The summed E-state index contributed by atoms with van der Waals surface area (Å²) in [6.45, 7) is 5.34. The number of hydrogen-bond donors (Lipinski definition) is 2. The average molecular weight is 522 g/mol. The summed E-state index contributed by atoms with van der Waals surface area (Å²) in [5, 5.41) is 8.30. The Morgan fingerprint density at radius 2 is 1.95 bits per heavy atom. The van der Waals surface area contributed by atoms with Crippen LogP contribution in [0.3, 0.4) is 0 Å². The highest BCUT2D eigenvalue weighted by molar-refractivity contribution is 5.98. The molecule has 0 fully saturated rings. The number of rotatable bonds is 7. The van der Waals surface area contributed by atoms with Crippen LogP contribution in [0, 0.1) is 19.3 Å². The van der Waals surface area contributed by atoms with Crippen molar-refractivity contribution in [2.45, 2.75) is 40.1 Å². The zero-order valence-corrected chi connectivity index (χ0v) is 21.1. The maximum absolute atomic E-state index is 13.2. The van der Waals surface area contributed by atoms with Gasteiger partial charge in [0, 0.05) is 52.6 Å². The van der Waals surface area contributed by atoms with Gasteiger partial charge in [-0.25, -0.2) is 4.98 Å². The lowest BCUT2D eigenvalue weighted by atomic mass is 10.0. The molecule has 0 aliphatic rings. The van der Waals surface area contributed by atoms with Gasteiger partial charge in [0.15, 0.2) is 0 Å². The van der Waals surface area contributed by atoms with Crippen LogP contribution in [-0.2, 0) is 19.3 Å². The number of nitrogens with zero attached hydrogens (tertiary/aromatic N) is 3. The molecule has 0 saturated heterocycles. The third-order valence-corrected chi connectivity index (χ3v) is 6.24. The van der Waals surface area contributed by atoms with Crippen LogP contribution in [0.1, 0.15) is 40.6 Å². The number of ether oxygens (including phenoxy) is 1. The van der Waals surface area contributed by atoms with Crippen molar-refractivity contribution in [2.24, 2.45) is 5.73 Å². The van der Waals surface area contributed by atoms with Crippen molar-refractivity contribution in [3.63, 3.8) is 0 Å². The van der Waals surface area contributed by atoms with E-state index in [0.29, 0.717) is 39.5 Å². The third kappa shape index (κ3) is 5.44. The summed E-state index contributed by atoms with van der Waals surface area (Å²) in [6.07, 6.45) is -1.04. The molecule has 3 aromatic heterocycles. The van der Waals surface area contributed by atoms with E-state index in [1.807, 2.05) is 32.0 Å². The molecule has 4 aromatic rings. The van der Waals surface area contributed by atoms with Crippen molar-refractivity contribution in [1.29, 1.82) is 5.41 Å². The van der Waals surface area contributed by atoms with Gasteiger partial charge in [-0.3, -0.25) is 9.78 Å². The van der Waals surface area contributed by atoms with Crippen molar-refractivity contribution in [3.05, 3.63) is 104 Å². The van der Waals surface area contributed by atoms with E-state index in [4.69, 9.17) is 15.9 Å². The van der Waals surface area contributed by atoms with Crippen LogP contribution < -0.4 is 16.0 Å². The van der Waals surface area contributed by atoms with Crippen LogP contribution in [0.15, 0.2) is 65.2 Å². The van der Waals surface area contributed by atoms with Gasteiger partial charge >= 0.3 is 6.18 Å². The van der Waals surface area contributed by atoms with Gasteiger partial charge in [-0.05, 0) is 56.2 Å². The summed E-state index contributed by atoms with van der Waals surface area (Å²) in [6, 6.07) is 10.7. The van der Waals surface area contributed by atoms with Crippen LogP contribution in [-0.4, -0.2) is 20.7 Å². The summed E-state index contributed by atoms with van der Waals surface area (Å²) in [7, 11) is 0. The summed E-state index contributed by atoms with van der Waals surface area (Å²) in [5.41, 5.74) is 9.83. The second-order valence-electron chi connectivity index (χ2n) is 8.93. The first-order valence-electron chi connectivity index (χ1n) is 11.7. The lowest BCUT2D eigenvalue weighted by Crippen LogP contribution is -2.23. The molecule has 0 aliphatic carbocycles. The molecule has 0 aliphatic heterocycles. The smallest absolute Gasteiger partial charge is 0.417 e. The number of aryl methyl sites for hydroxylation is 2. The first-order valence-corrected chi connectivity index (χ1v) is 11.7. The molecular weight excluding hydrogens is 495 g/mol. The van der Waals surface area contributed by atoms with E-state index >= 15 is 0 Å². The van der Waals surface area contributed by atoms with Gasteiger partial charge in [-0.1, -0.05) is 12.1 Å². The molecule has 1 aromatic carbocycles. The second-order valence-corrected chi connectivity index (χ2v) is 8.93. The minimum atomic E-state index is -4.57. The lowest BCUT2D eigenvalue weighted by molar-refractivity contribution is -0.138. The molecule has 7 nitrogen and oxygen atoms in total. The molecule has 0 atom stereocenters. The van der Waals surface area contributed by atoms with E-state index in [1.165, 1.54) is 6.21 Å². The number of alkyl halides is 3. The van der Waals surface area contributed by atoms with Gasteiger partial charge in [-0.15, -0.1) is 0 Å². The summed E-state index contributed by atoms with van der Waals surface area (Å²) in [4.78, 5) is 21.3. The number of allylic oxidation sites excluding steroid dienone is 1. The fraction of sp³-hybridized carbons (Fsp3) is 0.214. The SMILES string of the molecule is C/C(C=N)=C(/N)c1cc(C)nc2c(OCc3c(C)ccnc3Cn3cc(C(F)(F)F)ccc3=O)cccc12. The highest BCUT2D eigenvalue weighted by Gasteiger charge is 2.31. The van der Waals surface area contributed by atoms with Crippen LogP contribution in [0.4, 0.5) is 13.2 Å². The molecule has 0 unspecified atom stereocenters. The van der Waals surface area contributed by atoms with Gasteiger partial charge < -0.3 is 20.4 Å². The first-order chi connectivity index (χ1) is 18.0. The molecule has 3 N–H and O–H groups in total. The fourth-order valence-corrected chi connectivity index (χ4v) is 4.09. The Hall–Kier alpha value is -4.47. The fourth-order valence-electron chi connectivity index (χ4n) is 4.09. The molecule has 0 spiro atoms. The zero-order valence-electron chi connectivity index (χ0n) is 21.1. The quantitative estimate of drug-likeness (QED) is 0.317. The molecule has 4 rings (SSSR count). The highest BCUT2D eigenvalue weighted by atomic mass is 19.4. The van der Waals surface area contributed by atoms with Gasteiger partial charge in [-0.2, -0.15) is 13.2 Å². The van der Waals surface area contributed by atoms with E-state index in [1.54, 1.807) is 25.3 Å². The van der Waals surface area contributed by atoms with Crippen molar-refractivity contribution in [2.75, 3.05) is 0 Å². The van der Waals surface area contributed by atoms with Gasteiger partial charge in [0.05, 0.1) is 17.8 Å². The van der Waals surface area contributed by atoms with E-state index < -0.39 is 17.3 Å². The van der Waals surface area contributed by atoms with E-state index in [9.17, 15) is 18.0 Å². The van der Waals surface area contributed by atoms with Gasteiger partial charge in [0.1, 0.15) is 17.9 Å². The standard InChI is InChI=1S/C28H26F3N5O2/c1-16-9-10-34-23(14-36-13-19(28(29,30)31)7-8-25(36)37)22(16)15-38-24-6-4-5-20-21(26(33)17(2)12-32)11-18(3)35-27(20)24/h4-13,32H,14-15,33H2,1-3H3/b26-17-,32-12?. The Morgan fingerprint density at radius 1 is 1.18 bits per heavy atom. The van der Waals surface area contributed by atoms with E-state index in [-0.39, 0.29) is 13.2 Å². The number of nitrogens with one attached hydrogen (secondary N) is 1. The van der Waals surface area contributed by atoms with E-state index in [2.05, 4.69) is 9.97 Å². The van der Waals surface area contributed by atoms with Crippen LogP contribution in [0.5, 0.6) is 5.75 Å². The van der Waals surface area contributed by atoms with Crippen LogP contribution >= 0.6 is 0 Å². The molecule has 0 radical (unpaired) electrons. The molecule has 196 valence electrons. The van der Waals surface area contributed by atoms with E-state index in [0.717, 1.165) is 39.4 Å². The van der Waals surface area contributed by atoms with Crippen molar-refractivity contribution in [3.8, 4) is 5.75 Å². The normalized spacial score (nSPS) is 12.4. The maximum Gasteiger partial charge on any atom is 0.417 e. The lowest BCUT2D eigenvalue weighted by Gasteiger charge is -2.17. The number of aromatic nitrogens is 3. The molecule has 3 heterocycles. The predicted molar refractivity (Wildman–Crippen MR) is 140 cm³/mol. The van der Waals surface area contributed by atoms with Crippen molar-refractivity contribution < 1.29 is 17.9 Å². The van der Waals surface area contributed by atoms with Crippen LogP contribution in [0.25, 0.3) is 16.6 Å². The molecule has 10 heteroatoms. The summed E-state index contributed by atoms with van der Waals surface area (Å²) >= 11 is 0. The van der Waals surface area contributed by atoms with Gasteiger partial charge in [0.2, 0.25) is 0 Å². The number of benzene rings is 1. The number of pyridine rings is 3. The second kappa shape index (κ2) is 10.5. The van der Waals surface area contributed by atoms with Crippen molar-refractivity contribution >= 4 is 22.8 Å². The van der Waals surface area contributed by atoms with Crippen molar-refractivity contribution in [1.82, 2.24) is 14.5 Å². The Bertz CT molecular complexity index is 1620. The first kappa shape index (κ1) is 26.6. The Labute approximate surface area is 216 Å². The highest BCUT2D eigenvalue weighted by Crippen LogP contribution is 2.31. The molecular formula is C28H26F3N5O2. The molecule has 38 heavy (non-hydrogen) atoms. The number of halogens is 3. The third-order valence-electron chi connectivity index (χ3n) is 6.24. The van der Waals surface area contributed by atoms with Gasteiger partial charge in [0.25, 0.3) is 5.56 Å². The number of nitrogens with two attached hydrogens (primary N) is 1. The average Bonchev–Trinajstić information content (AvgIpc) is 2.87. The number of para-hydroxylation sites is 1. The predicted octanol–water partition coefficient (Wildman–Crippen LogP) is 5.39. The minimum absolute atomic E-state index is 0.0532. The monoisotopic (exact) mass is 521 g/mol. The zero-order chi connectivity index (χ0) is 27.6.